The van der Waals surface area contributed by atoms with Crippen molar-refractivity contribution in [2.75, 3.05) is 0 Å². The summed E-state index contributed by atoms with van der Waals surface area (Å²) in [6.07, 6.45) is 7.60. The molecule has 0 spiro atoms. The molecule has 4 aromatic heterocycles. The Labute approximate surface area is 356 Å². The molecule has 0 bridgehead atoms. The van der Waals surface area contributed by atoms with Crippen molar-refractivity contribution in [1.82, 2.24) is 38.2 Å². The molecule has 0 aliphatic carbocycles. The van der Waals surface area contributed by atoms with Crippen LogP contribution in [0.3, 0.4) is 0 Å². The van der Waals surface area contributed by atoms with Gasteiger partial charge in [-0.05, 0) is 130 Å². The van der Waals surface area contributed by atoms with Gasteiger partial charge >= 0.3 is 0 Å². The van der Waals surface area contributed by atoms with Crippen molar-refractivity contribution < 1.29 is 0 Å². The SMILES string of the molecule is c1ccc2c(c1)ncn2-c1ccc(C(=C(c2ccc(-n3cnc4ccccc43)cc2)c2ccc(-n3cnc4ccccc43)cc2)c2ccc(-n3cnc4ccccc43)cc2)cc1. The molecule has 0 unspecified atom stereocenters. The molecule has 0 atom stereocenters. The molecule has 12 aromatic rings. The average molecular weight is 797 g/mol. The van der Waals surface area contributed by atoms with E-state index in [-0.39, 0.29) is 0 Å². The molecule has 0 fully saturated rings. The molecule has 62 heavy (non-hydrogen) atoms. The van der Waals surface area contributed by atoms with E-state index < -0.39 is 0 Å². The predicted octanol–water partition coefficient (Wildman–Crippen LogP) is 12.0. The normalized spacial score (nSPS) is 11.5. The van der Waals surface area contributed by atoms with Crippen LogP contribution in [0.5, 0.6) is 0 Å². The minimum absolute atomic E-state index is 0.962. The monoisotopic (exact) mass is 796 g/mol. The van der Waals surface area contributed by atoms with Gasteiger partial charge in [0.2, 0.25) is 0 Å². The van der Waals surface area contributed by atoms with Crippen molar-refractivity contribution >= 4 is 55.3 Å². The van der Waals surface area contributed by atoms with Crippen molar-refractivity contribution in [1.29, 1.82) is 0 Å². The lowest BCUT2D eigenvalue weighted by atomic mass is 9.85. The van der Waals surface area contributed by atoms with Gasteiger partial charge in [-0.2, -0.15) is 0 Å². The topological polar surface area (TPSA) is 71.3 Å². The first-order valence-electron chi connectivity index (χ1n) is 20.6. The smallest absolute Gasteiger partial charge is 0.100 e. The Morgan fingerprint density at radius 3 is 0.677 bits per heavy atom. The van der Waals surface area contributed by atoms with Crippen LogP contribution >= 0.6 is 0 Å². The average Bonchev–Trinajstić information content (AvgIpc) is 4.17. The lowest BCUT2D eigenvalue weighted by molar-refractivity contribution is 1.09. The van der Waals surface area contributed by atoms with E-state index in [0.29, 0.717) is 0 Å². The molecule has 0 radical (unpaired) electrons. The lowest BCUT2D eigenvalue weighted by Gasteiger charge is -2.20. The highest BCUT2D eigenvalue weighted by molar-refractivity contribution is 6.05. The molecule has 8 aromatic carbocycles. The zero-order valence-electron chi connectivity index (χ0n) is 33.4. The Hall–Kier alpha value is -8.62. The Morgan fingerprint density at radius 1 is 0.242 bits per heavy atom. The quantitative estimate of drug-likeness (QED) is 0.144. The second-order valence-corrected chi connectivity index (χ2v) is 15.4. The minimum Gasteiger partial charge on any atom is -0.299 e. The standard InChI is InChI=1S/C54H36N8/c1-5-13-49-45(9-1)55-33-59(49)41-25-17-37(18-26-41)53(38-19-27-42(28-20-38)60-34-56-46-10-2-6-14-50(46)60)54(39-21-29-43(30-22-39)61-35-57-47-11-3-7-15-51(47)61)40-23-31-44(32-24-40)62-36-58-48-12-4-8-16-52(48)62/h1-36H. The molecule has 0 amide bonds. The van der Waals surface area contributed by atoms with Crippen LogP contribution < -0.4 is 0 Å². The molecule has 4 heterocycles. The number of fused-ring (bicyclic) bond motifs is 4. The van der Waals surface area contributed by atoms with Gasteiger partial charge in [0.15, 0.2) is 0 Å². The van der Waals surface area contributed by atoms with E-state index in [1.165, 1.54) is 0 Å². The van der Waals surface area contributed by atoms with Crippen molar-refractivity contribution in [2.45, 2.75) is 0 Å². The molecule has 0 aliphatic heterocycles. The summed E-state index contributed by atoms with van der Waals surface area (Å²) in [6.45, 7) is 0. The van der Waals surface area contributed by atoms with Crippen LogP contribution in [0.15, 0.2) is 219 Å². The van der Waals surface area contributed by atoms with Crippen molar-refractivity contribution in [3.05, 3.63) is 242 Å². The first kappa shape index (κ1) is 35.3. The van der Waals surface area contributed by atoms with E-state index >= 15 is 0 Å². The van der Waals surface area contributed by atoms with Crippen LogP contribution in [0.25, 0.3) is 78.0 Å². The highest BCUT2D eigenvalue weighted by atomic mass is 15.1. The van der Waals surface area contributed by atoms with Crippen molar-refractivity contribution in [3.8, 4) is 22.7 Å². The maximum Gasteiger partial charge on any atom is 0.100 e. The number of benzene rings is 8. The van der Waals surface area contributed by atoms with Crippen molar-refractivity contribution in [2.24, 2.45) is 0 Å². The van der Waals surface area contributed by atoms with E-state index in [1.807, 2.05) is 73.8 Å². The van der Waals surface area contributed by atoms with E-state index in [9.17, 15) is 0 Å². The van der Waals surface area contributed by atoms with E-state index in [1.54, 1.807) is 0 Å². The Bertz CT molecular complexity index is 3120. The fraction of sp³-hybridized carbons (Fsp3) is 0. The molecule has 8 heteroatoms. The van der Waals surface area contributed by atoms with Crippen LogP contribution in [-0.4, -0.2) is 38.2 Å². The maximum atomic E-state index is 4.68. The van der Waals surface area contributed by atoms with E-state index in [2.05, 4.69) is 184 Å². The van der Waals surface area contributed by atoms with Gasteiger partial charge in [-0.15, -0.1) is 0 Å². The van der Waals surface area contributed by atoms with Crippen molar-refractivity contribution in [3.63, 3.8) is 0 Å². The first-order chi connectivity index (χ1) is 30.7. The summed E-state index contributed by atoms with van der Waals surface area (Å²) >= 11 is 0. The van der Waals surface area contributed by atoms with E-state index in [0.717, 1.165) is 100 Å². The van der Waals surface area contributed by atoms with Crippen LogP contribution in [0.1, 0.15) is 22.3 Å². The molecule has 0 N–H and O–H groups in total. The van der Waals surface area contributed by atoms with Gasteiger partial charge in [0.05, 0.1) is 44.1 Å². The summed E-state index contributed by atoms with van der Waals surface area (Å²) < 4.78 is 8.57. The number of hydrogen-bond donors (Lipinski definition) is 0. The van der Waals surface area contributed by atoms with Gasteiger partial charge in [-0.1, -0.05) is 97.1 Å². The minimum atomic E-state index is 0.962. The fourth-order valence-electron chi connectivity index (χ4n) is 8.73. The lowest BCUT2D eigenvalue weighted by Crippen LogP contribution is -2.01. The number of imidazole rings is 4. The number of aromatic nitrogens is 8. The third kappa shape index (κ3) is 6.00. The molecule has 0 saturated carbocycles. The van der Waals surface area contributed by atoms with Gasteiger partial charge < -0.3 is 0 Å². The summed E-state index contributed by atoms with van der Waals surface area (Å²) in [5.74, 6) is 0. The summed E-state index contributed by atoms with van der Waals surface area (Å²) in [5, 5.41) is 0. The highest BCUT2D eigenvalue weighted by Gasteiger charge is 2.19. The Kier molecular flexibility index (Phi) is 8.31. The largest absolute Gasteiger partial charge is 0.299 e. The third-order valence-corrected chi connectivity index (χ3v) is 11.8. The van der Waals surface area contributed by atoms with E-state index in [4.69, 9.17) is 0 Å². The second kappa shape index (κ2) is 14.6. The molecular formula is C54H36N8. The fourth-order valence-corrected chi connectivity index (χ4v) is 8.73. The number of para-hydroxylation sites is 8. The molecule has 292 valence electrons. The number of nitrogens with zero attached hydrogens (tertiary/aromatic N) is 8. The summed E-state index contributed by atoms with van der Waals surface area (Å²) in [6, 6.07) is 68.3. The molecule has 0 aliphatic rings. The van der Waals surface area contributed by atoms with Crippen LogP contribution in [0.4, 0.5) is 0 Å². The Balaban J connectivity index is 1.05. The molecule has 0 saturated heterocycles. The highest BCUT2D eigenvalue weighted by Crippen LogP contribution is 2.39. The van der Waals surface area contributed by atoms with Gasteiger partial charge in [-0.3, -0.25) is 18.3 Å². The van der Waals surface area contributed by atoms with Crippen LogP contribution in [0.2, 0.25) is 0 Å². The molecular weight excluding hydrogens is 761 g/mol. The Morgan fingerprint density at radius 2 is 0.452 bits per heavy atom. The molecule has 8 nitrogen and oxygen atoms in total. The number of hydrogen-bond acceptors (Lipinski definition) is 4. The van der Waals surface area contributed by atoms with Gasteiger partial charge in [0.25, 0.3) is 0 Å². The number of rotatable bonds is 8. The summed E-state index contributed by atoms with van der Waals surface area (Å²) in [4.78, 5) is 18.7. The van der Waals surface area contributed by atoms with Gasteiger partial charge in [-0.25, -0.2) is 19.9 Å². The zero-order valence-corrected chi connectivity index (χ0v) is 33.4. The van der Waals surface area contributed by atoms with Gasteiger partial charge in [0, 0.05) is 22.7 Å². The van der Waals surface area contributed by atoms with Crippen LogP contribution in [0, 0.1) is 0 Å². The zero-order chi connectivity index (χ0) is 41.0. The summed E-state index contributed by atoms with van der Waals surface area (Å²) in [5.41, 5.74) is 18.8. The third-order valence-electron chi connectivity index (χ3n) is 11.8. The van der Waals surface area contributed by atoms with Gasteiger partial charge in [0.1, 0.15) is 25.3 Å². The second-order valence-electron chi connectivity index (χ2n) is 15.4. The van der Waals surface area contributed by atoms with Crippen LogP contribution in [-0.2, 0) is 0 Å². The molecule has 12 rings (SSSR count). The predicted molar refractivity (Wildman–Crippen MR) is 249 cm³/mol. The summed E-state index contributed by atoms with van der Waals surface area (Å²) in [7, 11) is 0. The first-order valence-corrected chi connectivity index (χ1v) is 20.6. The maximum absolute atomic E-state index is 4.68.